The van der Waals surface area contributed by atoms with Crippen LogP contribution in [0.25, 0.3) is 0 Å². The predicted octanol–water partition coefficient (Wildman–Crippen LogP) is 2.64. The second kappa shape index (κ2) is 5.43. The summed E-state index contributed by atoms with van der Waals surface area (Å²) in [5.74, 6) is -0.398. The fraction of sp³-hybridized carbons (Fsp3) is 0.588. The van der Waals surface area contributed by atoms with Crippen LogP contribution >= 0.6 is 0 Å². The number of aliphatic hydroxyl groups is 1. The topological polar surface area (TPSA) is 55.8 Å². The van der Waals surface area contributed by atoms with Gasteiger partial charge in [0.25, 0.3) is 0 Å². The number of benzene rings is 1. The van der Waals surface area contributed by atoms with E-state index in [0.717, 1.165) is 5.56 Å². The highest BCUT2D eigenvalue weighted by atomic mass is 16.6. The van der Waals surface area contributed by atoms with Crippen LogP contribution < -0.4 is 0 Å². The number of aliphatic hydroxyl groups excluding tert-OH is 1. The molecule has 4 heteroatoms. The zero-order chi connectivity index (χ0) is 15.8. The molecule has 0 aromatic heterocycles. The Morgan fingerprint density at radius 3 is 2.24 bits per heavy atom. The molecule has 2 rings (SSSR count). The minimum atomic E-state index is -1.17. The second-order valence-corrected chi connectivity index (χ2v) is 6.50. The fourth-order valence-corrected chi connectivity index (χ4v) is 3.17. The molecule has 1 N–H and O–H groups in total. The highest BCUT2D eigenvalue weighted by Gasteiger charge is 2.69. The van der Waals surface area contributed by atoms with Crippen molar-refractivity contribution >= 4 is 5.97 Å². The fourth-order valence-electron chi connectivity index (χ4n) is 3.17. The Bertz CT molecular complexity index is 507. The molecule has 1 unspecified atom stereocenters. The lowest BCUT2D eigenvalue weighted by molar-refractivity contribution is -0.330. The van der Waals surface area contributed by atoms with Crippen molar-refractivity contribution in [2.24, 2.45) is 5.41 Å². The molecule has 1 fully saturated rings. The van der Waals surface area contributed by atoms with Crippen LogP contribution in [0, 0.1) is 5.41 Å². The Labute approximate surface area is 126 Å². The van der Waals surface area contributed by atoms with Gasteiger partial charge >= 0.3 is 5.97 Å². The summed E-state index contributed by atoms with van der Waals surface area (Å²) in [6, 6.07) is 9.36. The number of esters is 1. The smallest absolute Gasteiger partial charge is 0.344 e. The van der Waals surface area contributed by atoms with Crippen molar-refractivity contribution in [2.75, 3.05) is 0 Å². The number of ether oxygens (including phenoxy) is 2. The van der Waals surface area contributed by atoms with E-state index in [0.29, 0.717) is 0 Å². The number of hydrogen-bond acceptors (Lipinski definition) is 4. The number of carbonyl (C=O) groups is 1. The third-order valence-corrected chi connectivity index (χ3v) is 4.17. The average Bonchev–Trinajstić information content (AvgIpc) is 2.37. The SMILES string of the molecule is CC(C)OC(=O)[C@]1(c2ccccc2)O[C@@H](C(C)O)C1(C)C. The lowest BCUT2D eigenvalue weighted by Crippen LogP contribution is -2.71. The van der Waals surface area contributed by atoms with Gasteiger partial charge in [0.05, 0.1) is 18.3 Å². The summed E-state index contributed by atoms with van der Waals surface area (Å²) in [4.78, 5) is 12.7. The molecule has 21 heavy (non-hydrogen) atoms. The second-order valence-electron chi connectivity index (χ2n) is 6.50. The van der Waals surface area contributed by atoms with E-state index in [9.17, 15) is 9.90 Å². The summed E-state index contributed by atoms with van der Waals surface area (Å²) >= 11 is 0. The lowest BCUT2D eigenvalue weighted by Gasteiger charge is -2.60. The van der Waals surface area contributed by atoms with Gasteiger partial charge in [-0.3, -0.25) is 0 Å². The molecule has 0 radical (unpaired) electrons. The van der Waals surface area contributed by atoms with Crippen molar-refractivity contribution < 1.29 is 19.4 Å². The van der Waals surface area contributed by atoms with E-state index in [1.807, 2.05) is 58.0 Å². The maximum absolute atomic E-state index is 12.7. The molecule has 1 aromatic carbocycles. The summed E-state index contributed by atoms with van der Waals surface area (Å²) in [6.45, 7) is 9.17. The molecule has 4 nitrogen and oxygen atoms in total. The molecule has 1 heterocycles. The molecule has 0 saturated carbocycles. The molecule has 1 aliphatic heterocycles. The first-order valence-corrected chi connectivity index (χ1v) is 7.36. The molecular formula is C17H24O4. The van der Waals surface area contributed by atoms with Gasteiger partial charge in [0.1, 0.15) is 0 Å². The third kappa shape index (κ3) is 2.36. The summed E-state index contributed by atoms with van der Waals surface area (Å²) in [5, 5.41) is 9.87. The lowest BCUT2D eigenvalue weighted by atomic mass is 9.61. The van der Waals surface area contributed by atoms with E-state index in [-0.39, 0.29) is 6.10 Å². The maximum atomic E-state index is 12.7. The maximum Gasteiger partial charge on any atom is 0.344 e. The normalized spacial score (nSPS) is 28.8. The van der Waals surface area contributed by atoms with Gasteiger partial charge in [-0.15, -0.1) is 0 Å². The Kier molecular flexibility index (Phi) is 4.13. The average molecular weight is 292 g/mol. The minimum absolute atomic E-state index is 0.219. The summed E-state index contributed by atoms with van der Waals surface area (Å²) in [7, 11) is 0. The van der Waals surface area contributed by atoms with E-state index in [2.05, 4.69) is 0 Å². The Morgan fingerprint density at radius 2 is 1.81 bits per heavy atom. The van der Waals surface area contributed by atoms with Crippen LogP contribution in [0.5, 0.6) is 0 Å². The molecule has 1 aliphatic rings. The number of hydrogen-bond donors (Lipinski definition) is 1. The van der Waals surface area contributed by atoms with Crippen LogP contribution in [0.4, 0.5) is 0 Å². The van der Waals surface area contributed by atoms with E-state index < -0.39 is 29.2 Å². The molecule has 3 atom stereocenters. The van der Waals surface area contributed by atoms with Gasteiger partial charge in [-0.05, 0) is 26.3 Å². The molecule has 0 spiro atoms. The van der Waals surface area contributed by atoms with E-state index in [1.165, 1.54) is 0 Å². The van der Waals surface area contributed by atoms with Gasteiger partial charge in [-0.25, -0.2) is 4.79 Å². The molecule has 0 amide bonds. The molecular weight excluding hydrogens is 268 g/mol. The summed E-state index contributed by atoms with van der Waals surface area (Å²) in [6.07, 6.45) is -1.27. The molecule has 116 valence electrons. The quantitative estimate of drug-likeness (QED) is 0.867. The summed E-state index contributed by atoms with van der Waals surface area (Å²) < 4.78 is 11.4. The van der Waals surface area contributed by atoms with Crippen molar-refractivity contribution in [2.45, 2.75) is 58.5 Å². The zero-order valence-corrected chi connectivity index (χ0v) is 13.3. The first-order valence-electron chi connectivity index (χ1n) is 7.36. The van der Waals surface area contributed by atoms with Crippen LogP contribution in [-0.4, -0.2) is 29.4 Å². The van der Waals surface area contributed by atoms with Gasteiger partial charge in [-0.2, -0.15) is 0 Å². The largest absolute Gasteiger partial charge is 0.461 e. The number of carbonyl (C=O) groups excluding carboxylic acids is 1. The van der Waals surface area contributed by atoms with Crippen LogP contribution in [0.2, 0.25) is 0 Å². The highest BCUT2D eigenvalue weighted by Crippen LogP contribution is 2.57. The summed E-state index contributed by atoms with van der Waals surface area (Å²) in [5.41, 5.74) is -0.966. The number of rotatable bonds is 4. The Morgan fingerprint density at radius 1 is 1.24 bits per heavy atom. The predicted molar refractivity (Wildman–Crippen MR) is 79.7 cm³/mol. The molecule has 1 aromatic rings. The standard InChI is InChI=1S/C17H24O4/c1-11(2)20-15(19)17(13-9-7-6-8-10-13)16(4,5)14(21-17)12(3)18/h6-12,14,18H,1-5H3/t12?,14-,17-/m0/s1. The van der Waals surface area contributed by atoms with Crippen molar-refractivity contribution in [3.05, 3.63) is 35.9 Å². The van der Waals surface area contributed by atoms with Crippen LogP contribution in [0.15, 0.2) is 30.3 Å². The van der Waals surface area contributed by atoms with Gasteiger partial charge in [0.15, 0.2) is 5.60 Å². The van der Waals surface area contributed by atoms with Gasteiger partial charge in [-0.1, -0.05) is 44.2 Å². The van der Waals surface area contributed by atoms with Crippen molar-refractivity contribution in [1.29, 1.82) is 0 Å². The van der Waals surface area contributed by atoms with E-state index >= 15 is 0 Å². The molecule has 0 bridgehead atoms. The first kappa shape index (κ1) is 16.0. The van der Waals surface area contributed by atoms with Crippen LogP contribution in [0.1, 0.15) is 40.2 Å². The Balaban J connectivity index is 2.46. The minimum Gasteiger partial charge on any atom is -0.461 e. The van der Waals surface area contributed by atoms with Gasteiger partial charge in [0.2, 0.25) is 0 Å². The zero-order valence-electron chi connectivity index (χ0n) is 13.3. The Hall–Kier alpha value is -1.39. The van der Waals surface area contributed by atoms with E-state index in [1.54, 1.807) is 6.92 Å². The van der Waals surface area contributed by atoms with Crippen molar-refractivity contribution in [3.63, 3.8) is 0 Å². The molecule has 0 aliphatic carbocycles. The van der Waals surface area contributed by atoms with E-state index in [4.69, 9.17) is 9.47 Å². The molecule has 1 saturated heterocycles. The first-order chi connectivity index (χ1) is 9.73. The van der Waals surface area contributed by atoms with Crippen molar-refractivity contribution in [3.8, 4) is 0 Å². The van der Waals surface area contributed by atoms with Crippen molar-refractivity contribution in [1.82, 2.24) is 0 Å². The highest BCUT2D eigenvalue weighted by molar-refractivity contribution is 5.84. The van der Waals surface area contributed by atoms with Crippen LogP contribution in [-0.2, 0) is 19.9 Å². The van der Waals surface area contributed by atoms with Crippen LogP contribution in [0.3, 0.4) is 0 Å². The van der Waals surface area contributed by atoms with Gasteiger partial charge in [0, 0.05) is 5.41 Å². The monoisotopic (exact) mass is 292 g/mol. The van der Waals surface area contributed by atoms with Gasteiger partial charge < -0.3 is 14.6 Å². The third-order valence-electron chi connectivity index (χ3n) is 4.17.